The molecule has 0 atom stereocenters. The average Bonchev–Trinajstić information content (AvgIpc) is 2.87. The van der Waals surface area contributed by atoms with Crippen LogP contribution in [0.15, 0.2) is 48.5 Å². The zero-order valence-corrected chi connectivity index (χ0v) is 15.1. The van der Waals surface area contributed by atoms with Gasteiger partial charge in [-0.25, -0.2) is 4.79 Å². The van der Waals surface area contributed by atoms with Gasteiger partial charge in [-0.1, -0.05) is 30.3 Å². The number of fused-ring (bicyclic) bond motifs is 1. The molecule has 2 aromatic carbocycles. The fourth-order valence-electron chi connectivity index (χ4n) is 3.12. The summed E-state index contributed by atoms with van der Waals surface area (Å²) < 4.78 is 12.5. The maximum atomic E-state index is 12.5. The Kier molecular flexibility index (Phi) is 5.07. The van der Waals surface area contributed by atoms with E-state index in [0.29, 0.717) is 24.5 Å². The van der Waals surface area contributed by atoms with Crippen molar-refractivity contribution < 1.29 is 19.1 Å². The Labute approximate surface area is 152 Å². The van der Waals surface area contributed by atoms with E-state index in [1.807, 2.05) is 43.3 Å². The van der Waals surface area contributed by atoms with Gasteiger partial charge in [0.25, 0.3) is 0 Å². The molecule has 0 spiro atoms. The number of rotatable bonds is 5. The molecule has 3 aromatic rings. The first kappa shape index (κ1) is 17.7. The summed E-state index contributed by atoms with van der Waals surface area (Å²) >= 11 is 0. The lowest BCUT2D eigenvalue weighted by atomic mass is 10.1. The summed E-state index contributed by atoms with van der Waals surface area (Å²) in [5.41, 5.74) is 3.35. The second-order valence-electron chi connectivity index (χ2n) is 6.03. The van der Waals surface area contributed by atoms with E-state index in [1.54, 1.807) is 19.1 Å². The second kappa shape index (κ2) is 7.44. The lowest BCUT2D eigenvalue weighted by Gasteiger charge is -2.09. The fraction of sp³-hybridized carbons (Fsp3) is 0.238. The van der Waals surface area contributed by atoms with Crippen LogP contribution in [0.5, 0.6) is 5.75 Å². The second-order valence-corrected chi connectivity index (χ2v) is 6.03. The lowest BCUT2D eigenvalue weighted by Crippen LogP contribution is -2.08. The Balaban J connectivity index is 2.16. The highest BCUT2D eigenvalue weighted by Gasteiger charge is 2.22. The molecule has 0 radical (unpaired) electrons. The summed E-state index contributed by atoms with van der Waals surface area (Å²) in [6.45, 7) is 5.96. The normalized spacial score (nSPS) is 10.7. The third-order valence-corrected chi connectivity index (χ3v) is 4.22. The van der Waals surface area contributed by atoms with Crippen molar-refractivity contribution >= 4 is 22.8 Å². The van der Waals surface area contributed by atoms with Crippen LogP contribution in [0, 0.1) is 6.92 Å². The molecular formula is C21H21NO4. The molecule has 5 nitrogen and oxygen atoms in total. The van der Waals surface area contributed by atoms with E-state index in [1.165, 1.54) is 6.92 Å². The molecule has 0 fully saturated rings. The van der Waals surface area contributed by atoms with Gasteiger partial charge < -0.3 is 14.0 Å². The van der Waals surface area contributed by atoms with E-state index in [0.717, 1.165) is 22.2 Å². The molecule has 134 valence electrons. The molecule has 5 heteroatoms. The summed E-state index contributed by atoms with van der Waals surface area (Å²) in [6.07, 6.45) is 0. The number of carbonyl (C=O) groups excluding carboxylic acids is 2. The Morgan fingerprint density at radius 3 is 2.46 bits per heavy atom. The Morgan fingerprint density at radius 2 is 1.81 bits per heavy atom. The van der Waals surface area contributed by atoms with Gasteiger partial charge >= 0.3 is 11.9 Å². The predicted molar refractivity (Wildman–Crippen MR) is 99.5 cm³/mol. The molecule has 0 N–H and O–H groups in total. The maximum Gasteiger partial charge on any atom is 0.340 e. The van der Waals surface area contributed by atoms with E-state index in [9.17, 15) is 9.59 Å². The van der Waals surface area contributed by atoms with E-state index in [2.05, 4.69) is 4.57 Å². The highest BCUT2D eigenvalue weighted by atomic mass is 16.5. The number of benzene rings is 2. The van der Waals surface area contributed by atoms with Gasteiger partial charge in [0, 0.05) is 30.1 Å². The highest BCUT2D eigenvalue weighted by Crippen LogP contribution is 2.31. The minimum absolute atomic E-state index is 0.299. The first-order valence-corrected chi connectivity index (χ1v) is 8.53. The zero-order chi connectivity index (χ0) is 18.7. The predicted octanol–water partition coefficient (Wildman–Crippen LogP) is 4.10. The first-order chi connectivity index (χ1) is 12.5. The van der Waals surface area contributed by atoms with Gasteiger partial charge in [-0.3, -0.25) is 4.79 Å². The number of ether oxygens (including phenoxy) is 2. The van der Waals surface area contributed by atoms with Gasteiger partial charge in [0.05, 0.1) is 12.2 Å². The molecule has 0 unspecified atom stereocenters. The van der Waals surface area contributed by atoms with Crippen LogP contribution in [0.3, 0.4) is 0 Å². The Bertz CT molecular complexity index is 957. The van der Waals surface area contributed by atoms with Crippen molar-refractivity contribution in [2.45, 2.75) is 27.3 Å². The van der Waals surface area contributed by atoms with Crippen molar-refractivity contribution in [3.8, 4) is 5.75 Å². The van der Waals surface area contributed by atoms with Crippen molar-refractivity contribution in [3.05, 3.63) is 65.4 Å². The maximum absolute atomic E-state index is 12.5. The van der Waals surface area contributed by atoms with Gasteiger partial charge in [-0.2, -0.15) is 0 Å². The van der Waals surface area contributed by atoms with Gasteiger partial charge in [-0.05, 0) is 37.6 Å². The molecule has 0 saturated carbocycles. The summed E-state index contributed by atoms with van der Waals surface area (Å²) in [5, 5.41) is 0.718. The number of esters is 2. The van der Waals surface area contributed by atoms with Gasteiger partial charge in [0.15, 0.2) is 0 Å². The van der Waals surface area contributed by atoms with Crippen LogP contribution in [0.25, 0.3) is 10.9 Å². The highest BCUT2D eigenvalue weighted by molar-refractivity contribution is 6.06. The molecule has 1 heterocycles. The lowest BCUT2D eigenvalue weighted by molar-refractivity contribution is -0.131. The number of nitrogens with zero attached hydrogens (tertiary/aromatic N) is 1. The average molecular weight is 351 g/mol. The van der Waals surface area contributed by atoms with Gasteiger partial charge in [0.1, 0.15) is 5.75 Å². The molecular weight excluding hydrogens is 330 g/mol. The molecule has 0 amide bonds. The number of carbonyl (C=O) groups is 2. The SMILES string of the molecule is CCOC(=O)c1c(C)n(Cc2ccccc2)c2ccc(OC(C)=O)cc12. The van der Waals surface area contributed by atoms with Crippen LogP contribution >= 0.6 is 0 Å². The molecule has 3 rings (SSSR count). The molecule has 0 aliphatic heterocycles. The monoisotopic (exact) mass is 351 g/mol. The van der Waals surface area contributed by atoms with Crippen LogP contribution < -0.4 is 4.74 Å². The quantitative estimate of drug-likeness (QED) is 0.513. The zero-order valence-electron chi connectivity index (χ0n) is 15.1. The standard InChI is InChI=1S/C21H21NO4/c1-4-25-21(24)20-14(2)22(13-16-8-6-5-7-9-16)19-11-10-17(12-18(19)20)26-15(3)23/h5-12H,4,13H2,1-3H3. The molecule has 0 aliphatic carbocycles. The van der Waals surface area contributed by atoms with Crippen LogP contribution in [-0.4, -0.2) is 23.1 Å². The van der Waals surface area contributed by atoms with Crippen LogP contribution in [-0.2, 0) is 16.1 Å². The summed E-state index contributed by atoms with van der Waals surface area (Å²) in [7, 11) is 0. The van der Waals surface area contributed by atoms with E-state index in [4.69, 9.17) is 9.47 Å². The minimum atomic E-state index is -0.400. The van der Waals surface area contributed by atoms with Gasteiger partial charge in [0.2, 0.25) is 0 Å². The molecule has 26 heavy (non-hydrogen) atoms. The summed E-state index contributed by atoms with van der Waals surface area (Å²) in [4.78, 5) is 23.8. The van der Waals surface area contributed by atoms with Crippen LogP contribution in [0.1, 0.15) is 35.5 Å². The van der Waals surface area contributed by atoms with E-state index >= 15 is 0 Å². The Hall–Kier alpha value is -3.08. The van der Waals surface area contributed by atoms with Crippen LogP contribution in [0.4, 0.5) is 0 Å². The molecule has 0 saturated heterocycles. The van der Waals surface area contributed by atoms with Crippen molar-refractivity contribution in [2.24, 2.45) is 0 Å². The smallest absolute Gasteiger partial charge is 0.340 e. The third kappa shape index (κ3) is 3.47. The van der Waals surface area contributed by atoms with Gasteiger partial charge in [-0.15, -0.1) is 0 Å². The van der Waals surface area contributed by atoms with E-state index < -0.39 is 5.97 Å². The largest absolute Gasteiger partial charge is 0.462 e. The first-order valence-electron chi connectivity index (χ1n) is 8.53. The minimum Gasteiger partial charge on any atom is -0.462 e. The number of hydrogen-bond donors (Lipinski definition) is 0. The fourth-order valence-corrected chi connectivity index (χ4v) is 3.12. The molecule has 0 bridgehead atoms. The Morgan fingerprint density at radius 1 is 1.08 bits per heavy atom. The summed E-state index contributed by atoms with van der Waals surface area (Å²) in [5.74, 6) is -0.364. The number of hydrogen-bond acceptors (Lipinski definition) is 4. The third-order valence-electron chi connectivity index (χ3n) is 4.22. The topological polar surface area (TPSA) is 57.5 Å². The van der Waals surface area contributed by atoms with Crippen molar-refractivity contribution in [1.82, 2.24) is 4.57 Å². The van der Waals surface area contributed by atoms with Crippen molar-refractivity contribution in [1.29, 1.82) is 0 Å². The van der Waals surface area contributed by atoms with Crippen LogP contribution in [0.2, 0.25) is 0 Å². The van der Waals surface area contributed by atoms with E-state index in [-0.39, 0.29) is 5.97 Å². The molecule has 0 aliphatic rings. The van der Waals surface area contributed by atoms with Crippen molar-refractivity contribution in [2.75, 3.05) is 6.61 Å². The van der Waals surface area contributed by atoms with Crippen molar-refractivity contribution in [3.63, 3.8) is 0 Å². The molecule has 1 aromatic heterocycles. The summed E-state index contributed by atoms with van der Waals surface area (Å²) in [6, 6.07) is 15.4. The number of aromatic nitrogens is 1.